The molecular weight excluding hydrogens is 484 g/mol. The van der Waals surface area contributed by atoms with E-state index < -0.39 is 11.9 Å². The van der Waals surface area contributed by atoms with E-state index in [0.717, 1.165) is 55.6 Å². The molecule has 2 aromatic rings. The van der Waals surface area contributed by atoms with E-state index in [0.29, 0.717) is 31.0 Å². The van der Waals surface area contributed by atoms with Gasteiger partial charge in [-0.15, -0.1) is 0 Å². The Bertz CT molecular complexity index is 1080. The minimum absolute atomic E-state index is 0.138. The number of carbonyl (C=O) groups excluding carboxylic acids is 1. The molecular formula is C30H40N2O6. The number of likely N-dealkylation sites (tertiary alicyclic amines) is 1. The van der Waals surface area contributed by atoms with Gasteiger partial charge in [0.15, 0.2) is 11.5 Å². The second-order valence-corrected chi connectivity index (χ2v) is 10.1. The fourth-order valence-electron chi connectivity index (χ4n) is 5.60. The number of carboxylic acids is 1. The van der Waals surface area contributed by atoms with Crippen molar-refractivity contribution in [2.24, 2.45) is 5.92 Å². The van der Waals surface area contributed by atoms with Crippen molar-refractivity contribution in [1.29, 1.82) is 0 Å². The topological polar surface area (TPSA) is 88.5 Å². The number of carboxylic acid groups (broad SMARTS) is 1. The first-order valence-corrected chi connectivity index (χ1v) is 13.7. The molecule has 0 spiro atoms. The summed E-state index contributed by atoms with van der Waals surface area (Å²) in [5.74, 6) is 0.371. The van der Waals surface area contributed by atoms with E-state index >= 15 is 0 Å². The van der Waals surface area contributed by atoms with Gasteiger partial charge in [-0.1, -0.05) is 44.9 Å². The molecule has 2 aliphatic rings. The number of methoxy groups -OCH3 is 1. The van der Waals surface area contributed by atoms with E-state index in [-0.39, 0.29) is 24.7 Å². The highest BCUT2D eigenvalue weighted by molar-refractivity contribution is 5.76. The highest BCUT2D eigenvalue weighted by Crippen LogP contribution is 2.47. The van der Waals surface area contributed by atoms with Crippen molar-refractivity contribution in [2.75, 3.05) is 40.1 Å². The zero-order valence-corrected chi connectivity index (χ0v) is 22.7. The highest BCUT2D eigenvalue weighted by atomic mass is 16.7. The van der Waals surface area contributed by atoms with Crippen LogP contribution in [-0.4, -0.2) is 66.9 Å². The van der Waals surface area contributed by atoms with Gasteiger partial charge in [-0.25, -0.2) is 0 Å². The summed E-state index contributed by atoms with van der Waals surface area (Å²) in [5, 5.41) is 10.5. The summed E-state index contributed by atoms with van der Waals surface area (Å²) < 4.78 is 16.4. The van der Waals surface area contributed by atoms with Crippen molar-refractivity contribution < 1.29 is 28.9 Å². The fraction of sp³-hybridized carbons (Fsp3) is 0.533. The highest BCUT2D eigenvalue weighted by Gasteiger charge is 2.47. The van der Waals surface area contributed by atoms with Gasteiger partial charge in [0.05, 0.1) is 13.0 Å². The molecule has 8 nitrogen and oxygen atoms in total. The van der Waals surface area contributed by atoms with Crippen LogP contribution in [0.3, 0.4) is 0 Å². The molecule has 1 N–H and O–H groups in total. The molecule has 4 rings (SSSR count). The van der Waals surface area contributed by atoms with Crippen molar-refractivity contribution in [3.63, 3.8) is 0 Å². The number of rotatable bonds is 13. The van der Waals surface area contributed by atoms with Gasteiger partial charge in [-0.05, 0) is 48.2 Å². The summed E-state index contributed by atoms with van der Waals surface area (Å²) in [7, 11) is 1.61. The van der Waals surface area contributed by atoms with Crippen molar-refractivity contribution in [3.8, 4) is 17.2 Å². The Labute approximate surface area is 225 Å². The average Bonchev–Trinajstić information content (AvgIpc) is 3.56. The number of hydrogen-bond donors (Lipinski definition) is 1. The maximum absolute atomic E-state index is 13.3. The lowest BCUT2D eigenvalue weighted by atomic mass is 9.82. The Balaban J connectivity index is 1.60. The molecule has 206 valence electrons. The minimum Gasteiger partial charge on any atom is -0.497 e. The van der Waals surface area contributed by atoms with E-state index in [1.54, 1.807) is 7.11 Å². The molecule has 2 heterocycles. The molecule has 1 amide bonds. The number of nitrogens with zero attached hydrogens (tertiary/aromatic N) is 2. The van der Waals surface area contributed by atoms with Crippen LogP contribution in [-0.2, 0) is 9.59 Å². The van der Waals surface area contributed by atoms with Crippen molar-refractivity contribution in [3.05, 3.63) is 53.6 Å². The first kappa shape index (κ1) is 27.8. The molecule has 0 aliphatic carbocycles. The smallest absolute Gasteiger partial charge is 0.309 e. The van der Waals surface area contributed by atoms with Crippen LogP contribution in [0, 0.1) is 5.92 Å². The molecule has 8 heteroatoms. The maximum atomic E-state index is 13.3. The van der Waals surface area contributed by atoms with Gasteiger partial charge in [0.25, 0.3) is 0 Å². The summed E-state index contributed by atoms with van der Waals surface area (Å²) >= 11 is 0. The molecule has 3 atom stereocenters. The van der Waals surface area contributed by atoms with Gasteiger partial charge in [0.1, 0.15) is 5.75 Å². The third kappa shape index (κ3) is 6.23. The number of aliphatic carboxylic acids is 1. The molecule has 0 bridgehead atoms. The zero-order valence-electron chi connectivity index (χ0n) is 22.7. The van der Waals surface area contributed by atoms with Gasteiger partial charge >= 0.3 is 5.97 Å². The van der Waals surface area contributed by atoms with Gasteiger partial charge in [0, 0.05) is 44.6 Å². The number of unbranched alkanes of at least 4 members (excludes halogenated alkanes) is 2. The second kappa shape index (κ2) is 13.0. The summed E-state index contributed by atoms with van der Waals surface area (Å²) in [6.07, 6.45) is 4.42. The van der Waals surface area contributed by atoms with Crippen LogP contribution < -0.4 is 14.2 Å². The van der Waals surface area contributed by atoms with Gasteiger partial charge in [-0.2, -0.15) is 0 Å². The molecule has 1 saturated heterocycles. The summed E-state index contributed by atoms with van der Waals surface area (Å²) in [4.78, 5) is 30.2. The lowest BCUT2D eigenvalue weighted by Crippen LogP contribution is -2.36. The van der Waals surface area contributed by atoms with E-state index in [4.69, 9.17) is 14.2 Å². The molecule has 2 aliphatic heterocycles. The lowest BCUT2D eigenvalue weighted by Gasteiger charge is -2.29. The van der Waals surface area contributed by atoms with Crippen LogP contribution in [0.2, 0.25) is 0 Å². The van der Waals surface area contributed by atoms with E-state index in [2.05, 4.69) is 18.7 Å². The number of amides is 1. The number of ether oxygens (including phenoxy) is 3. The lowest BCUT2D eigenvalue weighted by molar-refractivity contribution is -0.143. The van der Waals surface area contributed by atoms with Gasteiger partial charge in [0.2, 0.25) is 12.7 Å². The third-order valence-electron chi connectivity index (χ3n) is 7.69. The van der Waals surface area contributed by atoms with E-state index in [1.807, 2.05) is 47.4 Å². The maximum Gasteiger partial charge on any atom is 0.309 e. The van der Waals surface area contributed by atoms with Crippen molar-refractivity contribution in [1.82, 2.24) is 9.80 Å². The molecule has 1 fully saturated rings. The second-order valence-electron chi connectivity index (χ2n) is 10.1. The summed E-state index contributed by atoms with van der Waals surface area (Å²) in [6, 6.07) is 12.9. The summed E-state index contributed by atoms with van der Waals surface area (Å²) in [5.41, 5.74) is 1.81. The zero-order chi connectivity index (χ0) is 27.1. The fourth-order valence-corrected chi connectivity index (χ4v) is 5.60. The minimum atomic E-state index is -0.852. The predicted octanol–water partition coefficient (Wildman–Crippen LogP) is 5.08. The molecule has 0 aromatic heterocycles. The average molecular weight is 525 g/mol. The summed E-state index contributed by atoms with van der Waals surface area (Å²) in [6.45, 7) is 7.01. The number of benzene rings is 2. The first-order chi connectivity index (χ1) is 18.5. The van der Waals surface area contributed by atoms with Crippen molar-refractivity contribution >= 4 is 11.9 Å². The Morgan fingerprint density at radius 2 is 1.66 bits per heavy atom. The first-order valence-electron chi connectivity index (χ1n) is 13.7. The van der Waals surface area contributed by atoms with Crippen LogP contribution in [0.25, 0.3) is 0 Å². The van der Waals surface area contributed by atoms with Gasteiger partial charge in [-0.3, -0.25) is 14.5 Å². The van der Waals surface area contributed by atoms with Crippen LogP contribution in [0.4, 0.5) is 0 Å². The number of hydrogen-bond acceptors (Lipinski definition) is 6. The quantitative estimate of drug-likeness (QED) is 0.391. The Kier molecular flexibility index (Phi) is 9.50. The molecule has 0 saturated carbocycles. The normalized spacial score (nSPS) is 20.4. The molecule has 2 aromatic carbocycles. The molecule has 0 radical (unpaired) electrons. The Morgan fingerprint density at radius 3 is 2.29 bits per heavy atom. The van der Waals surface area contributed by atoms with E-state index in [1.165, 1.54) is 0 Å². The molecule has 38 heavy (non-hydrogen) atoms. The van der Waals surface area contributed by atoms with Crippen LogP contribution in [0.15, 0.2) is 42.5 Å². The largest absolute Gasteiger partial charge is 0.497 e. The van der Waals surface area contributed by atoms with Crippen molar-refractivity contribution in [2.45, 2.75) is 57.9 Å². The predicted molar refractivity (Wildman–Crippen MR) is 145 cm³/mol. The SMILES string of the molecule is CCCCN(CCCC)C(=O)CCN1C[C@H](c2ccc3c(c2)OCO3)[C@@H](C(=O)O)[C@@H]1c1ccc(OC)cc1. The van der Waals surface area contributed by atoms with Crippen LogP contribution in [0.5, 0.6) is 17.2 Å². The van der Waals surface area contributed by atoms with Gasteiger partial charge < -0.3 is 24.2 Å². The third-order valence-corrected chi connectivity index (χ3v) is 7.69. The monoisotopic (exact) mass is 524 g/mol. The Hall–Kier alpha value is -3.26. The van der Waals surface area contributed by atoms with Crippen LogP contribution >= 0.6 is 0 Å². The van der Waals surface area contributed by atoms with E-state index in [9.17, 15) is 14.7 Å². The Morgan fingerprint density at radius 1 is 1.00 bits per heavy atom. The van der Waals surface area contributed by atoms with Crippen LogP contribution in [0.1, 0.15) is 69.0 Å². The number of fused-ring (bicyclic) bond motifs is 1. The molecule has 0 unspecified atom stereocenters. The number of carbonyl (C=O) groups is 2. The standard InChI is InChI=1S/C30H40N2O6/c1-4-6-15-31(16-7-5-2)27(33)14-17-32-19-24(22-10-13-25-26(18-22)38-20-37-25)28(30(34)35)29(32)21-8-11-23(36-3)12-9-21/h8-13,18,24,28-29H,4-7,14-17,19-20H2,1-3H3,(H,34,35)/t24-,28-,29+/m1/s1.